The van der Waals surface area contributed by atoms with Crippen LogP contribution in [-0.2, 0) is 0 Å². The number of hydrogen-bond acceptors (Lipinski definition) is 1. The lowest BCUT2D eigenvalue weighted by Gasteiger charge is -2.93. The summed E-state index contributed by atoms with van der Waals surface area (Å²) in [4.78, 5) is 2.65. The maximum atomic E-state index is 2.65. The molecule has 10 heavy (non-hydrogen) atoms. The van der Waals surface area contributed by atoms with Gasteiger partial charge in [0.25, 0.3) is 0 Å². The maximum Gasteiger partial charge on any atom is 0.0258 e. The summed E-state index contributed by atoms with van der Waals surface area (Å²) in [6.07, 6.45) is 1.58. The first-order valence-electron chi connectivity index (χ1n) is 4.49. The number of hydrogen-bond donors (Lipinski definition) is 0. The van der Waals surface area contributed by atoms with Gasteiger partial charge in [-0.05, 0) is 44.1 Å². The average Bonchev–Trinajstić information content (AvgIpc) is 1.90. The zero-order valence-electron chi connectivity index (χ0n) is 6.54. The monoisotopic (exact) mass is 135 g/mol. The Labute approximate surface area is 61.4 Å². The standard InChI is InChI=1S/C9H13N/c1-9-5-3-4-6(5)7(9)8(4)10(9)2/h4-8H,3H2,1-2H3. The van der Waals surface area contributed by atoms with E-state index in [1.165, 1.54) is 5.92 Å². The van der Waals surface area contributed by atoms with Crippen molar-refractivity contribution >= 4 is 0 Å². The molecule has 0 spiro atoms. The van der Waals surface area contributed by atoms with Crippen LogP contribution in [0.1, 0.15) is 13.3 Å². The van der Waals surface area contributed by atoms with Gasteiger partial charge in [-0.1, -0.05) is 0 Å². The fourth-order valence-electron chi connectivity index (χ4n) is 4.70. The van der Waals surface area contributed by atoms with Gasteiger partial charge in [-0.3, -0.25) is 4.90 Å². The minimum Gasteiger partial charge on any atom is -0.297 e. The molecule has 4 rings (SSSR count). The number of likely N-dealkylation sites (tertiary alicyclic amines) is 1. The molecule has 0 bridgehead atoms. The van der Waals surface area contributed by atoms with E-state index in [0.717, 1.165) is 23.8 Å². The van der Waals surface area contributed by atoms with Crippen LogP contribution in [0.4, 0.5) is 0 Å². The van der Waals surface area contributed by atoms with Gasteiger partial charge in [-0.15, -0.1) is 0 Å². The maximum absolute atomic E-state index is 2.65. The van der Waals surface area contributed by atoms with Crippen LogP contribution in [-0.4, -0.2) is 23.5 Å². The topological polar surface area (TPSA) is 3.24 Å². The third-order valence-electron chi connectivity index (χ3n) is 5.34. The molecule has 6 atom stereocenters. The van der Waals surface area contributed by atoms with E-state index in [1.54, 1.807) is 6.42 Å². The van der Waals surface area contributed by atoms with E-state index in [-0.39, 0.29) is 0 Å². The van der Waals surface area contributed by atoms with Gasteiger partial charge >= 0.3 is 0 Å². The molecule has 6 unspecified atom stereocenters. The second kappa shape index (κ2) is 0.911. The summed E-state index contributed by atoms with van der Waals surface area (Å²) in [6.45, 7) is 2.48. The molecule has 0 aromatic carbocycles. The summed E-state index contributed by atoms with van der Waals surface area (Å²) in [5, 5.41) is 0. The minimum atomic E-state index is 0.698. The molecule has 0 amide bonds. The molecule has 54 valence electrons. The van der Waals surface area contributed by atoms with Crippen molar-refractivity contribution in [1.29, 1.82) is 0 Å². The van der Waals surface area contributed by atoms with E-state index >= 15 is 0 Å². The second-order valence-corrected chi connectivity index (χ2v) is 4.94. The molecular formula is C9H13N. The highest BCUT2D eigenvalue weighted by Gasteiger charge is 2.87. The van der Waals surface area contributed by atoms with Crippen LogP contribution in [0.2, 0.25) is 0 Å². The summed E-state index contributed by atoms with van der Waals surface area (Å²) < 4.78 is 0. The zero-order valence-corrected chi connectivity index (χ0v) is 6.54. The lowest BCUT2D eigenvalue weighted by atomic mass is 9.22. The first kappa shape index (κ1) is 4.76. The first-order valence-corrected chi connectivity index (χ1v) is 4.49. The van der Waals surface area contributed by atoms with Gasteiger partial charge in [0.2, 0.25) is 0 Å². The predicted molar refractivity (Wildman–Crippen MR) is 38.5 cm³/mol. The number of piperidine rings is 4. The summed E-state index contributed by atoms with van der Waals surface area (Å²) >= 11 is 0. The van der Waals surface area contributed by atoms with Crippen molar-refractivity contribution in [2.75, 3.05) is 7.05 Å². The van der Waals surface area contributed by atoms with Crippen LogP contribution in [0.5, 0.6) is 0 Å². The van der Waals surface area contributed by atoms with Gasteiger partial charge in [0.1, 0.15) is 0 Å². The minimum absolute atomic E-state index is 0.698. The largest absolute Gasteiger partial charge is 0.297 e. The molecule has 0 aromatic heterocycles. The van der Waals surface area contributed by atoms with Gasteiger partial charge in [0.15, 0.2) is 0 Å². The molecule has 4 aliphatic rings. The Balaban J connectivity index is 1.90. The highest BCUT2D eigenvalue weighted by molar-refractivity contribution is 5.39. The molecule has 0 N–H and O–H groups in total. The molecule has 1 saturated heterocycles. The lowest BCUT2D eigenvalue weighted by molar-refractivity contribution is -0.433. The van der Waals surface area contributed by atoms with E-state index < -0.39 is 0 Å². The Hall–Kier alpha value is -0.0400. The molecule has 0 aromatic rings. The molecule has 3 aliphatic carbocycles. The normalized spacial score (nSPS) is 81.6. The quantitative estimate of drug-likeness (QED) is 0.478. The Morgan fingerprint density at radius 1 is 1.50 bits per heavy atom. The third-order valence-corrected chi connectivity index (χ3v) is 5.34. The third kappa shape index (κ3) is 0.183. The van der Waals surface area contributed by atoms with Crippen LogP contribution in [0, 0.1) is 23.7 Å². The van der Waals surface area contributed by atoms with Crippen molar-refractivity contribution in [3.8, 4) is 0 Å². The zero-order chi connectivity index (χ0) is 6.67. The van der Waals surface area contributed by atoms with Gasteiger partial charge in [-0.2, -0.15) is 0 Å². The van der Waals surface area contributed by atoms with E-state index in [0.29, 0.717) is 5.54 Å². The Bertz CT molecular complexity index is 214. The van der Waals surface area contributed by atoms with E-state index in [9.17, 15) is 0 Å². The van der Waals surface area contributed by atoms with Crippen molar-refractivity contribution < 1.29 is 0 Å². The Kier molecular flexibility index (Phi) is 0.434. The van der Waals surface area contributed by atoms with Crippen molar-refractivity contribution in [3.05, 3.63) is 0 Å². The summed E-state index contributed by atoms with van der Waals surface area (Å²) in [6, 6.07) is 1.04. The summed E-state index contributed by atoms with van der Waals surface area (Å²) in [5.74, 6) is 4.65. The number of fused-ring (bicyclic) bond motifs is 2. The molecule has 3 saturated carbocycles. The van der Waals surface area contributed by atoms with Gasteiger partial charge in [0.05, 0.1) is 0 Å². The van der Waals surface area contributed by atoms with Crippen LogP contribution >= 0.6 is 0 Å². The van der Waals surface area contributed by atoms with Crippen molar-refractivity contribution in [1.82, 2.24) is 4.90 Å². The average molecular weight is 135 g/mol. The van der Waals surface area contributed by atoms with Crippen molar-refractivity contribution in [3.63, 3.8) is 0 Å². The molecule has 1 heterocycles. The SMILES string of the molecule is CN1C2C3CC4C3C2C41C. The van der Waals surface area contributed by atoms with Crippen LogP contribution in [0.15, 0.2) is 0 Å². The van der Waals surface area contributed by atoms with E-state index in [4.69, 9.17) is 0 Å². The van der Waals surface area contributed by atoms with E-state index in [2.05, 4.69) is 18.9 Å². The fraction of sp³-hybridized carbons (Fsp3) is 1.00. The summed E-state index contributed by atoms with van der Waals surface area (Å²) in [7, 11) is 2.33. The highest BCUT2D eigenvalue weighted by atomic mass is 15.4. The lowest BCUT2D eigenvalue weighted by Crippen LogP contribution is -2.98. The van der Waals surface area contributed by atoms with E-state index in [1.807, 2.05) is 0 Å². The molecule has 1 aliphatic heterocycles. The van der Waals surface area contributed by atoms with Gasteiger partial charge < -0.3 is 0 Å². The summed E-state index contributed by atoms with van der Waals surface area (Å²) in [5.41, 5.74) is 0.698. The van der Waals surface area contributed by atoms with Crippen molar-refractivity contribution in [2.24, 2.45) is 23.7 Å². The van der Waals surface area contributed by atoms with Crippen LogP contribution in [0.3, 0.4) is 0 Å². The number of nitrogens with zero attached hydrogens (tertiary/aromatic N) is 1. The second-order valence-electron chi connectivity index (χ2n) is 4.94. The van der Waals surface area contributed by atoms with Gasteiger partial charge in [-0.25, -0.2) is 0 Å². The first-order chi connectivity index (χ1) is 4.76. The molecule has 1 heteroatoms. The number of rotatable bonds is 0. The Morgan fingerprint density at radius 2 is 2.30 bits per heavy atom. The molecule has 1 nitrogen and oxygen atoms in total. The van der Waals surface area contributed by atoms with Crippen molar-refractivity contribution in [2.45, 2.75) is 24.9 Å². The van der Waals surface area contributed by atoms with Crippen LogP contribution in [0.25, 0.3) is 0 Å². The fourth-order valence-corrected chi connectivity index (χ4v) is 4.70. The molecule has 4 fully saturated rings. The smallest absolute Gasteiger partial charge is 0.0258 e. The van der Waals surface area contributed by atoms with Gasteiger partial charge in [0, 0.05) is 11.6 Å². The molecule has 0 radical (unpaired) electrons. The molecular weight excluding hydrogens is 122 g/mol. The predicted octanol–water partition coefficient (Wildman–Crippen LogP) is 0.955. The highest BCUT2D eigenvalue weighted by Crippen LogP contribution is 2.83. The Morgan fingerprint density at radius 3 is 2.60 bits per heavy atom. The van der Waals surface area contributed by atoms with Crippen LogP contribution < -0.4 is 0 Å².